The third-order valence-electron chi connectivity index (χ3n) is 5.15. The van der Waals surface area contributed by atoms with Gasteiger partial charge in [0, 0.05) is 17.5 Å². The van der Waals surface area contributed by atoms with Gasteiger partial charge in [-0.15, -0.1) is 0 Å². The van der Waals surface area contributed by atoms with E-state index in [9.17, 15) is 14.4 Å². The van der Waals surface area contributed by atoms with Crippen LogP contribution in [0.4, 0.5) is 5.69 Å². The van der Waals surface area contributed by atoms with Crippen molar-refractivity contribution < 1.29 is 19.1 Å². The van der Waals surface area contributed by atoms with Crippen LogP contribution in [0.1, 0.15) is 37.7 Å². The lowest BCUT2D eigenvalue weighted by Crippen LogP contribution is -2.40. The highest BCUT2D eigenvalue weighted by atomic mass is 16.5. The summed E-state index contributed by atoms with van der Waals surface area (Å²) in [5.74, 6) is -0.595. The van der Waals surface area contributed by atoms with Gasteiger partial charge in [-0.1, -0.05) is 24.6 Å². The lowest BCUT2D eigenvalue weighted by molar-refractivity contribution is -0.155. The summed E-state index contributed by atoms with van der Waals surface area (Å²) < 4.78 is 5.19. The van der Waals surface area contributed by atoms with Gasteiger partial charge in [0.2, 0.25) is 0 Å². The molecule has 1 aromatic rings. The van der Waals surface area contributed by atoms with Crippen LogP contribution in [0.2, 0.25) is 0 Å². The van der Waals surface area contributed by atoms with E-state index in [1.807, 2.05) is 31.2 Å². The number of fused-ring (bicyclic) bond motifs is 2. The van der Waals surface area contributed by atoms with E-state index in [-0.39, 0.29) is 36.2 Å². The van der Waals surface area contributed by atoms with E-state index in [0.29, 0.717) is 18.6 Å². The molecule has 128 valence electrons. The van der Waals surface area contributed by atoms with Gasteiger partial charge in [-0.05, 0) is 44.2 Å². The Balaban J connectivity index is 1.50. The number of hydrogen-bond donors (Lipinski definition) is 1. The molecule has 1 unspecified atom stereocenters. The fourth-order valence-electron chi connectivity index (χ4n) is 3.83. The van der Waals surface area contributed by atoms with Gasteiger partial charge in [-0.3, -0.25) is 14.4 Å². The lowest BCUT2D eigenvalue weighted by atomic mass is 9.67. The van der Waals surface area contributed by atoms with Crippen LogP contribution in [0.5, 0.6) is 0 Å². The maximum atomic E-state index is 12.2. The minimum absolute atomic E-state index is 0.0100. The summed E-state index contributed by atoms with van der Waals surface area (Å²) >= 11 is 0. The minimum Gasteiger partial charge on any atom is -0.455 e. The van der Waals surface area contributed by atoms with Crippen LogP contribution in [0.15, 0.2) is 24.3 Å². The molecule has 1 aromatic carbocycles. The van der Waals surface area contributed by atoms with Crippen molar-refractivity contribution in [3.63, 3.8) is 0 Å². The molecule has 0 heterocycles. The molecule has 0 aromatic heterocycles. The zero-order chi connectivity index (χ0) is 17.1. The first-order chi connectivity index (χ1) is 11.5. The van der Waals surface area contributed by atoms with Crippen molar-refractivity contribution in [3.05, 3.63) is 29.8 Å². The molecule has 3 rings (SSSR count). The summed E-state index contributed by atoms with van der Waals surface area (Å²) in [4.78, 5) is 36.3. The first-order valence-electron chi connectivity index (χ1n) is 8.60. The minimum atomic E-state index is -0.348. The van der Waals surface area contributed by atoms with Crippen molar-refractivity contribution >= 4 is 23.3 Å². The Labute approximate surface area is 141 Å². The first kappa shape index (κ1) is 16.7. The molecule has 2 aliphatic carbocycles. The van der Waals surface area contributed by atoms with Crippen LogP contribution < -0.4 is 5.32 Å². The predicted molar refractivity (Wildman–Crippen MR) is 89.3 cm³/mol. The van der Waals surface area contributed by atoms with Crippen LogP contribution >= 0.6 is 0 Å². The average molecular weight is 329 g/mol. The molecule has 2 fully saturated rings. The van der Waals surface area contributed by atoms with Crippen LogP contribution in [-0.4, -0.2) is 24.3 Å². The zero-order valence-corrected chi connectivity index (χ0v) is 13.9. The molecule has 5 nitrogen and oxygen atoms in total. The summed E-state index contributed by atoms with van der Waals surface area (Å²) in [6, 6.07) is 7.45. The summed E-state index contributed by atoms with van der Waals surface area (Å²) in [5, 5.41) is 2.75. The Hall–Kier alpha value is -2.17. The fourth-order valence-corrected chi connectivity index (χ4v) is 3.83. The second-order valence-corrected chi connectivity index (χ2v) is 6.87. The molecule has 2 saturated carbocycles. The summed E-state index contributed by atoms with van der Waals surface area (Å²) in [6.07, 6.45) is 3.99. The van der Waals surface area contributed by atoms with E-state index in [4.69, 9.17) is 4.74 Å². The normalized spacial score (nSPS) is 25.9. The van der Waals surface area contributed by atoms with Gasteiger partial charge in [-0.25, -0.2) is 0 Å². The van der Waals surface area contributed by atoms with Gasteiger partial charge in [0.05, 0.1) is 5.92 Å². The molecule has 0 spiro atoms. The van der Waals surface area contributed by atoms with Crippen molar-refractivity contribution in [3.8, 4) is 0 Å². The van der Waals surface area contributed by atoms with Gasteiger partial charge < -0.3 is 10.1 Å². The van der Waals surface area contributed by atoms with Crippen LogP contribution in [0.25, 0.3) is 0 Å². The van der Waals surface area contributed by atoms with E-state index in [0.717, 1.165) is 30.5 Å². The number of para-hydroxylation sites is 1. The largest absolute Gasteiger partial charge is 0.455 e. The fraction of sp³-hybridized carbons (Fsp3) is 0.526. The van der Waals surface area contributed by atoms with E-state index >= 15 is 0 Å². The summed E-state index contributed by atoms with van der Waals surface area (Å²) in [5.41, 5.74) is 1.67. The highest BCUT2D eigenvalue weighted by Crippen LogP contribution is 2.40. The molecule has 2 aliphatic rings. The molecular formula is C19H23NO4. The number of Topliss-reactive ketones (excluding diaryl/α,β-unsaturated/α-hetero) is 1. The number of benzene rings is 1. The maximum Gasteiger partial charge on any atom is 0.309 e. The molecule has 1 N–H and O–H groups in total. The van der Waals surface area contributed by atoms with Crippen LogP contribution in [0.3, 0.4) is 0 Å². The Morgan fingerprint density at radius 1 is 1.17 bits per heavy atom. The van der Waals surface area contributed by atoms with E-state index in [1.54, 1.807) is 0 Å². The van der Waals surface area contributed by atoms with Crippen molar-refractivity contribution in [2.45, 2.75) is 39.0 Å². The molecule has 5 heteroatoms. The number of aryl methyl sites for hydroxylation is 1. The molecule has 24 heavy (non-hydrogen) atoms. The van der Waals surface area contributed by atoms with Crippen LogP contribution in [-0.2, 0) is 19.1 Å². The smallest absolute Gasteiger partial charge is 0.309 e. The van der Waals surface area contributed by atoms with Gasteiger partial charge in [0.25, 0.3) is 5.91 Å². The van der Waals surface area contributed by atoms with Crippen molar-refractivity contribution in [2.75, 3.05) is 11.9 Å². The number of ketones is 1. The first-order valence-corrected chi connectivity index (χ1v) is 8.60. The number of nitrogens with one attached hydrogen (secondary N) is 1. The SMILES string of the molecule is Cc1ccccc1NC(=O)COC(=O)C1C[C@H]2CCC[C@@H](C1)C2=O. The number of amides is 1. The summed E-state index contributed by atoms with van der Waals surface area (Å²) in [7, 11) is 0. The number of carbonyl (C=O) groups is 3. The second-order valence-electron chi connectivity index (χ2n) is 6.87. The molecule has 0 saturated heterocycles. The second kappa shape index (κ2) is 7.16. The average Bonchev–Trinajstić information content (AvgIpc) is 2.54. The number of carbonyl (C=O) groups excluding carboxylic acids is 3. The Bertz CT molecular complexity index is 639. The quantitative estimate of drug-likeness (QED) is 0.862. The van der Waals surface area contributed by atoms with Gasteiger partial charge in [-0.2, -0.15) is 0 Å². The highest BCUT2D eigenvalue weighted by molar-refractivity contribution is 5.94. The van der Waals surface area contributed by atoms with E-state index in [1.165, 1.54) is 0 Å². The van der Waals surface area contributed by atoms with Crippen LogP contribution in [0, 0.1) is 24.7 Å². The van der Waals surface area contributed by atoms with Crippen molar-refractivity contribution in [2.24, 2.45) is 17.8 Å². The monoisotopic (exact) mass is 329 g/mol. The molecule has 2 bridgehead atoms. The summed E-state index contributed by atoms with van der Waals surface area (Å²) in [6.45, 7) is 1.62. The molecular weight excluding hydrogens is 306 g/mol. The van der Waals surface area contributed by atoms with E-state index in [2.05, 4.69) is 5.32 Å². The lowest BCUT2D eigenvalue weighted by Gasteiger charge is -2.36. The highest BCUT2D eigenvalue weighted by Gasteiger charge is 2.41. The predicted octanol–water partition coefficient (Wildman–Crippen LogP) is 2.87. The van der Waals surface area contributed by atoms with Crippen molar-refractivity contribution in [1.82, 2.24) is 0 Å². The molecule has 0 aliphatic heterocycles. The number of ether oxygens (including phenoxy) is 1. The van der Waals surface area contributed by atoms with E-state index < -0.39 is 0 Å². The number of anilines is 1. The third-order valence-corrected chi connectivity index (χ3v) is 5.15. The number of rotatable bonds is 4. The number of esters is 1. The third kappa shape index (κ3) is 3.66. The Morgan fingerprint density at radius 3 is 2.50 bits per heavy atom. The maximum absolute atomic E-state index is 12.2. The van der Waals surface area contributed by atoms with Gasteiger partial charge in [0.1, 0.15) is 5.78 Å². The molecule has 0 radical (unpaired) electrons. The van der Waals surface area contributed by atoms with Crippen molar-refractivity contribution in [1.29, 1.82) is 0 Å². The molecule has 3 atom stereocenters. The van der Waals surface area contributed by atoms with Gasteiger partial charge in [0.15, 0.2) is 6.61 Å². The van der Waals surface area contributed by atoms with Gasteiger partial charge >= 0.3 is 5.97 Å². The molecule has 1 amide bonds. The Kier molecular flexibility index (Phi) is 4.97. The standard InChI is InChI=1S/C19H23NO4/c1-12-5-2-3-8-16(12)20-17(21)11-24-19(23)15-9-13-6-4-7-14(10-15)18(13)22/h2-3,5,8,13-15H,4,6-7,9-11H2,1H3,(H,20,21)/t13-,14+,15?. The topological polar surface area (TPSA) is 72.5 Å². The Morgan fingerprint density at radius 2 is 1.83 bits per heavy atom. The zero-order valence-electron chi connectivity index (χ0n) is 13.9. The number of hydrogen-bond acceptors (Lipinski definition) is 4.